The summed E-state index contributed by atoms with van der Waals surface area (Å²) < 4.78 is 0. The topological polar surface area (TPSA) is 0 Å². The summed E-state index contributed by atoms with van der Waals surface area (Å²) in [6.45, 7) is 6.87. The average Bonchev–Trinajstić information content (AvgIpc) is 2.19. The molecule has 0 heterocycles. The van der Waals surface area contributed by atoms with Crippen LogP contribution < -0.4 is 0 Å². The normalized spacial score (nSPS) is 10.6. The second kappa shape index (κ2) is 4.96. The molecule has 1 aromatic rings. The SMILES string of the molecule is BCc1c(C)c(CB)c(C)c(CB)c1C. The molecular weight excluding hydrogens is 177 g/mol. The molecule has 0 N–H and O–H groups in total. The summed E-state index contributed by atoms with van der Waals surface area (Å²) in [5.41, 5.74) is 9.34. The van der Waals surface area contributed by atoms with Crippen molar-refractivity contribution in [3.8, 4) is 0 Å². The van der Waals surface area contributed by atoms with Crippen molar-refractivity contribution >= 4 is 23.5 Å². The zero-order valence-corrected chi connectivity index (χ0v) is 11.1. The van der Waals surface area contributed by atoms with Crippen LogP contribution in [0.4, 0.5) is 0 Å². The van der Waals surface area contributed by atoms with Gasteiger partial charge in [0.15, 0.2) is 0 Å². The summed E-state index contributed by atoms with van der Waals surface area (Å²) in [5, 5.41) is 0. The van der Waals surface area contributed by atoms with E-state index in [1.165, 1.54) is 16.7 Å². The quantitative estimate of drug-likeness (QED) is 0.600. The molecule has 1 rings (SSSR count). The Morgan fingerprint density at radius 1 is 0.600 bits per heavy atom. The van der Waals surface area contributed by atoms with Gasteiger partial charge in [0.25, 0.3) is 0 Å². The smallest absolute Gasteiger partial charge is 0.0561 e. The van der Waals surface area contributed by atoms with Gasteiger partial charge in [0.05, 0.1) is 0 Å². The highest BCUT2D eigenvalue weighted by Gasteiger charge is 2.13. The van der Waals surface area contributed by atoms with Gasteiger partial charge in [-0.15, -0.1) is 0 Å². The predicted molar refractivity (Wildman–Crippen MR) is 77.4 cm³/mol. The highest BCUT2D eigenvalue weighted by Crippen LogP contribution is 2.27. The van der Waals surface area contributed by atoms with Gasteiger partial charge in [-0.05, 0) is 54.2 Å². The molecule has 0 unspecified atom stereocenters. The third-order valence-electron chi connectivity index (χ3n) is 3.78. The average molecular weight is 198 g/mol. The van der Waals surface area contributed by atoms with Crippen LogP contribution in [0.1, 0.15) is 33.4 Å². The van der Waals surface area contributed by atoms with Crippen molar-refractivity contribution in [1.29, 1.82) is 0 Å². The molecule has 0 saturated carbocycles. The molecule has 0 atom stereocenters. The van der Waals surface area contributed by atoms with Crippen LogP contribution in [-0.2, 0) is 19.0 Å². The lowest BCUT2D eigenvalue weighted by molar-refractivity contribution is 1.09. The van der Waals surface area contributed by atoms with Crippen LogP contribution in [0.25, 0.3) is 0 Å². The maximum Gasteiger partial charge on any atom is 0.107 e. The van der Waals surface area contributed by atoms with Crippen LogP contribution in [0.15, 0.2) is 0 Å². The van der Waals surface area contributed by atoms with Gasteiger partial charge in [0.2, 0.25) is 0 Å². The summed E-state index contributed by atoms with van der Waals surface area (Å²) in [7, 11) is 6.80. The number of benzene rings is 1. The van der Waals surface area contributed by atoms with Gasteiger partial charge in [-0.3, -0.25) is 0 Å². The summed E-state index contributed by atoms with van der Waals surface area (Å²) >= 11 is 0. The minimum absolute atomic E-state index is 1.16. The van der Waals surface area contributed by atoms with E-state index < -0.39 is 0 Å². The van der Waals surface area contributed by atoms with E-state index in [4.69, 9.17) is 0 Å². The van der Waals surface area contributed by atoms with Gasteiger partial charge in [0, 0.05) is 0 Å². The van der Waals surface area contributed by atoms with Crippen LogP contribution in [0.5, 0.6) is 0 Å². The largest absolute Gasteiger partial charge is 0.107 e. The summed E-state index contributed by atoms with van der Waals surface area (Å²) in [6, 6.07) is 0. The zero-order chi connectivity index (χ0) is 11.6. The van der Waals surface area contributed by atoms with Crippen molar-refractivity contribution < 1.29 is 0 Å². The Bertz CT molecular complexity index is 291. The fraction of sp³-hybridized carbons (Fsp3) is 0.500. The van der Waals surface area contributed by atoms with E-state index in [1.54, 1.807) is 16.7 Å². The zero-order valence-electron chi connectivity index (χ0n) is 11.1. The highest BCUT2D eigenvalue weighted by molar-refractivity contribution is 6.10. The van der Waals surface area contributed by atoms with E-state index in [0.29, 0.717) is 0 Å². The molecule has 0 radical (unpaired) electrons. The van der Waals surface area contributed by atoms with E-state index in [2.05, 4.69) is 44.3 Å². The summed E-state index contributed by atoms with van der Waals surface area (Å²) in [5.74, 6) is 0. The summed E-state index contributed by atoms with van der Waals surface area (Å²) in [6.07, 6.45) is 3.49. The van der Waals surface area contributed by atoms with Gasteiger partial charge in [-0.25, -0.2) is 0 Å². The second-order valence-electron chi connectivity index (χ2n) is 4.37. The Balaban J connectivity index is 3.57. The molecule has 0 amide bonds. The van der Waals surface area contributed by atoms with Gasteiger partial charge < -0.3 is 0 Å². The molecule has 3 heteroatoms. The first-order chi connectivity index (χ1) is 7.08. The maximum atomic E-state index is 2.29. The highest BCUT2D eigenvalue weighted by atomic mass is 14.2. The van der Waals surface area contributed by atoms with Crippen LogP contribution in [-0.4, -0.2) is 23.5 Å². The van der Waals surface area contributed by atoms with Crippen LogP contribution in [0.3, 0.4) is 0 Å². The van der Waals surface area contributed by atoms with E-state index in [9.17, 15) is 0 Å². The Morgan fingerprint density at radius 2 is 0.800 bits per heavy atom. The Hall–Kier alpha value is -0.585. The molecule has 0 saturated heterocycles. The fourth-order valence-corrected chi connectivity index (χ4v) is 2.98. The number of hydrogen-bond donors (Lipinski definition) is 0. The molecule has 0 nitrogen and oxygen atoms in total. The van der Waals surface area contributed by atoms with Crippen LogP contribution >= 0.6 is 0 Å². The van der Waals surface area contributed by atoms with Gasteiger partial charge >= 0.3 is 0 Å². The van der Waals surface area contributed by atoms with E-state index >= 15 is 0 Å². The van der Waals surface area contributed by atoms with E-state index in [-0.39, 0.29) is 0 Å². The second-order valence-corrected chi connectivity index (χ2v) is 4.37. The molecular formula is C12H21B3. The lowest BCUT2D eigenvalue weighted by Crippen LogP contribution is -2.08. The van der Waals surface area contributed by atoms with Crippen molar-refractivity contribution in [2.24, 2.45) is 0 Å². The van der Waals surface area contributed by atoms with Crippen molar-refractivity contribution in [1.82, 2.24) is 0 Å². The maximum absolute atomic E-state index is 2.29. The first-order valence-corrected chi connectivity index (χ1v) is 6.18. The summed E-state index contributed by atoms with van der Waals surface area (Å²) in [4.78, 5) is 0. The molecule has 15 heavy (non-hydrogen) atoms. The molecule has 0 spiro atoms. The Morgan fingerprint density at radius 3 is 0.933 bits per heavy atom. The van der Waals surface area contributed by atoms with Crippen molar-refractivity contribution in [3.05, 3.63) is 33.4 Å². The lowest BCUT2D eigenvalue weighted by atomic mass is 9.76. The van der Waals surface area contributed by atoms with Crippen molar-refractivity contribution in [2.45, 2.75) is 39.7 Å². The molecule has 1 aromatic carbocycles. The third-order valence-corrected chi connectivity index (χ3v) is 3.78. The van der Waals surface area contributed by atoms with E-state index in [1.807, 2.05) is 0 Å². The molecule has 0 fully saturated rings. The Kier molecular flexibility index (Phi) is 4.13. The molecule has 0 aromatic heterocycles. The first kappa shape index (κ1) is 12.5. The third kappa shape index (κ3) is 2.02. The fourth-order valence-electron chi connectivity index (χ4n) is 2.98. The first-order valence-electron chi connectivity index (χ1n) is 6.18. The molecule has 0 aliphatic heterocycles. The van der Waals surface area contributed by atoms with Gasteiger partial charge in [-0.2, -0.15) is 0 Å². The van der Waals surface area contributed by atoms with E-state index in [0.717, 1.165) is 19.0 Å². The van der Waals surface area contributed by atoms with Crippen molar-refractivity contribution in [3.63, 3.8) is 0 Å². The predicted octanol–water partition coefficient (Wildman–Crippen LogP) is 0.0112. The molecule has 0 aliphatic rings. The number of hydrogen-bond acceptors (Lipinski definition) is 0. The minimum Gasteiger partial charge on any atom is -0.0561 e. The molecule has 78 valence electrons. The van der Waals surface area contributed by atoms with Gasteiger partial charge in [0.1, 0.15) is 23.5 Å². The standard InChI is InChI=1S/C12H21B3/c1-7-10(4-13)8(2)12(6-15)9(3)11(7)5-14/h4-6,13-15H2,1-3H3. The van der Waals surface area contributed by atoms with Crippen LogP contribution in [0, 0.1) is 20.8 Å². The van der Waals surface area contributed by atoms with Crippen LogP contribution in [0.2, 0.25) is 0 Å². The van der Waals surface area contributed by atoms with Gasteiger partial charge in [-0.1, -0.05) is 19.0 Å². The Labute approximate surface area is 97.1 Å². The monoisotopic (exact) mass is 198 g/mol. The lowest BCUT2D eigenvalue weighted by Gasteiger charge is -2.20. The van der Waals surface area contributed by atoms with Crippen molar-refractivity contribution in [2.75, 3.05) is 0 Å². The number of rotatable bonds is 3. The minimum atomic E-state index is 1.16. The molecule has 0 aliphatic carbocycles. The molecule has 0 bridgehead atoms.